The van der Waals surface area contributed by atoms with Gasteiger partial charge in [-0.2, -0.15) is 5.10 Å². The van der Waals surface area contributed by atoms with E-state index in [-0.39, 0.29) is 18.7 Å². The molecule has 1 aromatic rings. The van der Waals surface area contributed by atoms with Crippen molar-refractivity contribution in [1.82, 2.24) is 5.43 Å². The molecule has 0 heterocycles. The zero-order valence-electron chi connectivity index (χ0n) is 16.0. The molecule has 0 spiro atoms. The molecule has 0 saturated carbocycles. The van der Waals surface area contributed by atoms with E-state index in [4.69, 9.17) is 4.74 Å². The van der Waals surface area contributed by atoms with Crippen molar-refractivity contribution in [2.75, 3.05) is 11.9 Å². The summed E-state index contributed by atoms with van der Waals surface area (Å²) in [4.78, 5) is 35.4. The average molecular weight is 361 g/mol. The Hall–Kier alpha value is -2.70. The molecule has 0 aromatic heterocycles. The van der Waals surface area contributed by atoms with Gasteiger partial charge in [-0.05, 0) is 51.8 Å². The van der Waals surface area contributed by atoms with Gasteiger partial charge in [-0.1, -0.05) is 12.1 Å². The molecule has 7 heteroatoms. The monoisotopic (exact) mass is 361 g/mol. The van der Waals surface area contributed by atoms with Gasteiger partial charge in [0.2, 0.25) is 11.8 Å². The first kappa shape index (κ1) is 21.3. The van der Waals surface area contributed by atoms with E-state index in [1.54, 1.807) is 20.8 Å². The van der Waals surface area contributed by atoms with E-state index in [9.17, 15) is 14.4 Å². The van der Waals surface area contributed by atoms with Crippen LogP contribution in [-0.4, -0.2) is 30.1 Å². The van der Waals surface area contributed by atoms with Gasteiger partial charge in [0.1, 0.15) is 0 Å². The number of nitrogens with one attached hydrogen (secondary N) is 2. The number of aryl methyl sites for hydroxylation is 2. The Bertz CT molecular complexity index is 698. The molecule has 0 aliphatic rings. The lowest BCUT2D eigenvalue weighted by Crippen LogP contribution is -2.26. The first-order chi connectivity index (χ1) is 12.2. The second kappa shape index (κ2) is 10.3. The van der Waals surface area contributed by atoms with E-state index in [0.29, 0.717) is 12.3 Å². The van der Waals surface area contributed by atoms with Crippen LogP contribution < -0.4 is 10.7 Å². The van der Waals surface area contributed by atoms with Crippen molar-refractivity contribution < 1.29 is 19.1 Å². The number of rotatable bonds is 8. The molecule has 142 valence electrons. The SMILES string of the molecule is CCOC(=O)[C@@H](C)C(C)=NNC(=O)CCC(=O)Nc1cc(C)ccc1C. The summed E-state index contributed by atoms with van der Waals surface area (Å²) in [6.45, 7) is 9.15. The molecular weight excluding hydrogens is 334 g/mol. The number of hydrogen-bond donors (Lipinski definition) is 2. The molecule has 0 fully saturated rings. The molecule has 2 N–H and O–H groups in total. The van der Waals surface area contributed by atoms with Gasteiger partial charge >= 0.3 is 5.97 Å². The zero-order chi connectivity index (χ0) is 19.7. The van der Waals surface area contributed by atoms with Crippen LogP contribution >= 0.6 is 0 Å². The minimum absolute atomic E-state index is 0.00125. The maximum absolute atomic E-state index is 12.0. The summed E-state index contributed by atoms with van der Waals surface area (Å²) in [5, 5.41) is 6.70. The molecule has 0 unspecified atom stereocenters. The van der Waals surface area contributed by atoms with Gasteiger partial charge in [-0.25, -0.2) is 5.43 Å². The fraction of sp³-hybridized carbons (Fsp3) is 0.474. The predicted octanol–water partition coefficient (Wildman–Crippen LogP) is 2.71. The normalized spacial score (nSPS) is 12.3. The summed E-state index contributed by atoms with van der Waals surface area (Å²) < 4.78 is 4.90. The van der Waals surface area contributed by atoms with Crippen molar-refractivity contribution in [1.29, 1.82) is 0 Å². The third-order valence-corrected chi connectivity index (χ3v) is 3.87. The van der Waals surface area contributed by atoms with Gasteiger partial charge in [0.25, 0.3) is 0 Å². The van der Waals surface area contributed by atoms with Gasteiger partial charge in [0, 0.05) is 24.2 Å². The van der Waals surface area contributed by atoms with Gasteiger partial charge in [-0.15, -0.1) is 0 Å². The summed E-state index contributed by atoms with van der Waals surface area (Å²) in [5.74, 6) is -1.57. The Kier molecular flexibility index (Phi) is 8.48. The van der Waals surface area contributed by atoms with Crippen molar-refractivity contribution in [3.8, 4) is 0 Å². The number of benzene rings is 1. The molecule has 7 nitrogen and oxygen atoms in total. The van der Waals surface area contributed by atoms with E-state index in [1.165, 1.54) is 0 Å². The van der Waals surface area contributed by atoms with E-state index in [2.05, 4.69) is 15.8 Å². The summed E-state index contributed by atoms with van der Waals surface area (Å²) in [6.07, 6.45) is 0.0441. The predicted molar refractivity (Wildman–Crippen MR) is 101 cm³/mol. The summed E-state index contributed by atoms with van der Waals surface area (Å²) in [7, 11) is 0. The highest BCUT2D eigenvalue weighted by atomic mass is 16.5. The molecule has 0 aliphatic heterocycles. The molecule has 1 atom stereocenters. The average Bonchev–Trinajstić information content (AvgIpc) is 2.60. The quantitative estimate of drug-likeness (QED) is 0.423. The number of hydrogen-bond acceptors (Lipinski definition) is 5. The van der Waals surface area contributed by atoms with Gasteiger partial charge < -0.3 is 10.1 Å². The second-order valence-electron chi connectivity index (χ2n) is 6.13. The van der Waals surface area contributed by atoms with E-state index in [1.807, 2.05) is 32.0 Å². The van der Waals surface area contributed by atoms with E-state index in [0.717, 1.165) is 16.8 Å². The fourth-order valence-corrected chi connectivity index (χ4v) is 2.05. The lowest BCUT2D eigenvalue weighted by molar-refractivity contribution is -0.145. The van der Waals surface area contributed by atoms with E-state index < -0.39 is 17.8 Å². The number of amides is 2. The Morgan fingerprint density at radius 1 is 1.15 bits per heavy atom. The third kappa shape index (κ3) is 7.04. The molecule has 0 aliphatic carbocycles. The van der Waals surface area contributed by atoms with Crippen LogP contribution in [0.4, 0.5) is 5.69 Å². The Morgan fingerprint density at radius 3 is 2.46 bits per heavy atom. The minimum Gasteiger partial charge on any atom is -0.465 e. The van der Waals surface area contributed by atoms with Crippen LogP contribution in [0.25, 0.3) is 0 Å². The highest BCUT2D eigenvalue weighted by molar-refractivity contribution is 6.01. The Balaban J connectivity index is 2.46. The summed E-state index contributed by atoms with van der Waals surface area (Å²) >= 11 is 0. The highest BCUT2D eigenvalue weighted by Gasteiger charge is 2.17. The minimum atomic E-state index is -0.539. The Labute approximate surface area is 154 Å². The van der Waals surface area contributed by atoms with Crippen molar-refractivity contribution in [3.05, 3.63) is 29.3 Å². The highest BCUT2D eigenvalue weighted by Crippen LogP contribution is 2.16. The Morgan fingerprint density at radius 2 is 1.81 bits per heavy atom. The molecule has 0 radical (unpaired) electrons. The fourth-order valence-electron chi connectivity index (χ4n) is 2.05. The number of nitrogens with zero attached hydrogens (tertiary/aromatic N) is 1. The zero-order valence-corrected chi connectivity index (χ0v) is 16.0. The molecule has 26 heavy (non-hydrogen) atoms. The molecular formula is C19H27N3O4. The van der Waals surface area contributed by atoms with Crippen molar-refractivity contribution >= 4 is 29.2 Å². The second-order valence-corrected chi connectivity index (χ2v) is 6.13. The third-order valence-electron chi connectivity index (χ3n) is 3.87. The van der Waals surface area contributed by atoms with Crippen LogP contribution in [0.15, 0.2) is 23.3 Å². The van der Waals surface area contributed by atoms with Crippen LogP contribution in [0.5, 0.6) is 0 Å². The number of carbonyl (C=O) groups is 3. The summed E-state index contributed by atoms with van der Waals surface area (Å²) in [6, 6.07) is 5.79. The van der Waals surface area contributed by atoms with Crippen molar-refractivity contribution in [3.63, 3.8) is 0 Å². The van der Waals surface area contributed by atoms with E-state index >= 15 is 0 Å². The number of carbonyl (C=O) groups excluding carboxylic acids is 3. The number of anilines is 1. The van der Waals surface area contributed by atoms with Crippen molar-refractivity contribution in [2.24, 2.45) is 11.0 Å². The molecule has 0 bridgehead atoms. The van der Waals surface area contributed by atoms with Crippen LogP contribution in [0, 0.1) is 19.8 Å². The number of esters is 1. The van der Waals surface area contributed by atoms with Crippen LogP contribution in [0.2, 0.25) is 0 Å². The standard InChI is InChI=1S/C19H27N3O4/c1-6-26-19(25)14(4)15(5)21-22-18(24)10-9-17(23)20-16-11-12(2)7-8-13(16)3/h7-8,11,14H,6,9-10H2,1-5H3,(H,20,23)(H,22,24)/t14-/m0/s1. The number of ether oxygens (including phenoxy) is 1. The van der Waals surface area contributed by atoms with Gasteiger partial charge in [0.05, 0.1) is 12.5 Å². The topological polar surface area (TPSA) is 96.9 Å². The van der Waals surface area contributed by atoms with Crippen LogP contribution in [0.1, 0.15) is 44.7 Å². The van der Waals surface area contributed by atoms with Gasteiger partial charge in [0.15, 0.2) is 0 Å². The van der Waals surface area contributed by atoms with Crippen molar-refractivity contribution in [2.45, 2.75) is 47.5 Å². The maximum Gasteiger partial charge on any atom is 0.314 e. The van der Waals surface area contributed by atoms with Gasteiger partial charge in [-0.3, -0.25) is 14.4 Å². The molecule has 0 saturated heterocycles. The molecule has 2 amide bonds. The molecule has 1 rings (SSSR count). The molecule has 1 aromatic carbocycles. The first-order valence-electron chi connectivity index (χ1n) is 8.61. The smallest absolute Gasteiger partial charge is 0.314 e. The summed E-state index contributed by atoms with van der Waals surface area (Å²) in [5.41, 5.74) is 5.55. The maximum atomic E-state index is 12.0. The first-order valence-corrected chi connectivity index (χ1v) is 8.61. The lowest BCUT2D eigenvalue weighted by Gasteiger charge is -2.10. The largest absolute Gasteiger partial charge is 0.465 e. The van der Waals surface area contributed by atoms with Crippen LogP contribution in [-0.2, 0) is 19.1 Å². The lowest BCUT2D eigenvalue weighted by atomic mass is 10.1. The number of hydrazone groups is 1. The van der Waals surface area contributed by atoms with Crippen LogP contribution in [0.3, 0.4) is 0 Å².